The molecule has 0 saturated carbocycles. The van der Waals surface area contributed by atoms with E-state index in [2.05, 4.69) is 0 Å². The summed E-state index contributed by atoms with van der Waals surface area (Å²) in [6.45, 7) is 0. The van der Waals surface area contributed by atoms with Gasteiger partial charge in [0.05, 0.1) is 0 Å². The summed E-state index contributed by atoms with van der Waals surface area (Å²) in [6.07, 6.45) is 1.38. The molecule has 42 valence electrons. The summed E-state index contributed by atoms with van der Waals surface area (Å²) in [5.41, 5.74) is 0. The van der Waals surface area contributed by atoms with Gasteiger partial charge in [-0.25, -0.2) is 0 Å². The van der Waals surface area contributed by atoms with Crippen LogP contribution in [0.25, 0.3) is 0 Å². The summed E-state index contributed by atoms with van der Waals surface area (Å²) in [7, 11) is 7.77. The fourth-order valence-corrected chi connectivity index (χ4v) is 6.61. The van der Waals surface area contributed by atoms with Crippen molar-refractivity contribution in [1.29, 1.82) is 0 Å². The lowest BCUT2D eigenvalue weighted by atomic mass is 10.6. The molecule has 1 heterocycles. The normalized spacial score (nSPS) is 24.0. The van der Waals surface area contributed by atoms with Crippen LogP contribution in [0.3, 0.4) is 0 Å². The molecule has 0 N–H and O–H groups in total. The van der Waals surface area contributed by atoms with Gasteiger partial charge in [-0.2, -0.15) is 0 Å². The van der Waals surface area contributed by atoms with Gasteiger partial charge in [-0.1, -0.05) is 21.6 Å². The highest BCUT2D eigenvalue weighted by atomic mass is 33.7. The van der Waals surface area contributed by atoms with Crippen molar-refractivity contribution in [2.45, 2.75) is 6.42 Å². The van der Waals surface area contributed by atoms with Crippen LogP contribution >= 0.6 is 41.2 Å². The van der Waals surface area contributed by atoms with E-state index in [1.165, 1.54) is 17.9 Å². The van der Waals surface area contributed by atoms with E-state index in [0.29, 0.717) is 0 Å². The SMILES string of the molecule is C1CSSSSC1. The van der Waals surface area contributed by atoms with Crippen molar-refractivity contribution < 1.29 is 0 Å². The molecule has 0 atom stereocenters. The first-order valence-electron chi connectivity index (χ1n) is 2.08. The lowest BCUT2D eigenvalue weighted by Gasteiger charge is -1.84. The fraction of sp³-hybridized carbons (Fsp3) is 1.00. The first-order chi connectivity index (χ1) is 3.50. The maximum absolute atomic E-state index is 1.97. The Kier molecular flexibility index (Phi) is 4.00. The minimum Gasteiger partial charge on any atom is -0.0817 e. The molecular weight excluding hydrogens is 164 g/mol. The van der Waals surface area contributed by atoms with Gasteiger partial charge < -0.3 is 0 Å². The van der Waals surface area contributed by atoms with Crippen molar-refractivity contribution in [3.05, 3.63) is 0 Å². The van der Waals surface area contributed by atoms with Crippen LogP contribution < -0.4 is 0 Å². The Hall–Kier alpha value is 1.40. The molecule has 0 unspecified atom stereocenters. The first kappa shape index (κ1) is 6.52. The molecule has 0 aromatic heterocycles. The van der Waals surface area contributed by atoms with E-state index >= 15 is 0 Å². The molecule has 4 heteroatoms. The van der Waals surface area contributed by atoms with Crippen molar-refractivity contribution in [2.75, 3.05) is 11.5 Å². The monoisotopic (exact) mass is 170 g/mol. The van der Waals surface area contributed by atoms with Crippen LogP contribution in [0.1, 0.15) is 6.42 Å². The molecule has 0 bridgehead atoms. The minimum atomic E-state index is 1.34. The molecular formula is C3H6S4. The molecule has 0 amide bonds. The van der Waals surface area contributed by atoms with Gasteiger partial charge in [-0.15, -0.1) is 0 Å². The molecule has 0 nitrogen and oxygen atoms in total. The van der Waals surface area contributed by atoms with Crippen molar-refractivity contribution in [3.63, 3.8) is 0 Å². The maximum Gasteiger partial charge on any atom is 0.00535 e. The Morgan fingerprint density at radius 2 is 1.43 bits per heavy atom. The Morgan fingerprint density at radius 3 is 2.00 bits per heavy atom. The third kappa shape index (κ3) is 3.06. The maximum atomic E-state index is 1.97. The molecule has 0 aromatic carbocycles. The minimum absolute atomic E-state index is 1.34. The average Bonchev–Trinajstić information content (AvgIpc) is 1.90. The van der Waals surface area contributed by atoms with Crippen molar-refractivity contribution in [3.8, 4) is 0 Å². The van der Waals surface area contributed by atoms with Gasteiger partial charge in [-0.05, 0) is 26.1 Å². The zero-order chi connectivity index (χ0) is 4.95. The second kappa shape index (κ2) is 4.30. The standard InChI is InChI=1S/C3H6S4/c1-2-4-6-7-5-3-1/h1-3H2. The van der Waals surface area contributed by atoms with Crippen molar-refractivity contribution >= 4 is 41.2 Å². The number of hydrogen-bond acceptors (Lipinski definition) is 4. The summed E-state index contributed by atoms with van der Waals surface area (Å²) >= 11 is 0. The third-order valence-corrected chi connectivity index (χ3v) is 7.21. The number of rotatable bonds is 0. The quantitative estimate of drug-likeness (QED) is 0.512. The van der Waals surface area contributed by atoms with Crippen LogP contribution in [-0.4, -0.2) is 11.5 Å². The van der Waals surface area contributed by atoms with Gasteiger partial charge >= 0.3 is 0 Å². The first-order valence-corrected chi connectivity index (χ1v) is 7.23. The van der Waals surface area contributed by atoms with Gasteiger partial charge in [0.2, 0.25) is 0 Å². The van der Waals surface area contributed by atoms with Crippen LogP contribution in [0.4, 0.5) is 0 Å². The van der Waals surface area contributed by atoms with E-state index in [1.54, 1.807) is 0 Å². The molecule has 1 aliphatic heterocycles. The third-order valence-electron chi connectivity index (χ3n) is 0.579. The van der Waals surface area contributed by atoms with E-state index in [4.69, 9.17) is 0 Å². The van der Waals surface area contributed by atoms with Gasteiger partial charge in [0.1, 0.15) is 0 Å². The Labute approximate surface area is 59.2 Å². The second-order valence-corrected chi connectivity index (χ2v) is 7.37. The van der Waals surface area contributed by atoms with E-state index in [-0.39, 0.29) is 0 Å². The van der Waals surface area contributed by atoms with Crippen molar-refractivity contribution in [2.24, 2.45) is 0 Å². The predicted molar refractivity (Wildman–Crippen MR) is 44.7 cm³/mol. The Morgan fingerprint density at radius 1 is 0.857 bits per heavy atom. The van der Waals surface area contributed by atoms with Gasteiger partial charge in [0.15, 0.2) is 0 Å². The van der Waals surface area contributed by atoms with Crippen LogP contribution in [0.2, 0.25) is 0 Å². The van der Waals surface area contributed by atoms with E-state index in [0.717, 1.165) is 0 Å². The molecule has 1 fully saturated rings. The van der Waals surface area contributed by atoms with Crippen LogP contribution in [0, 0.1) is 0 Å². The highest BCUT2D eigenvalue weighted by molar-refractivity contribution is 9.26. The van der Waals surface area contributed by atoms with Crippen molar-refractivity contribution in [1.82, 2.24) is 0 Å². The van der Waals surface area contributed by atoms with E-state index in [1.807, 2.05) is 41.2 Å². The highest BCUT2D eigenvalue weighted by Crippen LogP contribution is 2.46. The largest absolute Gasteiger partial charge is 0.0817 e. The van der Waals surface area contributed by atoms with E-state index < -0.39 is 0 Å². The lowest BCUT2D eigenvalue weighted by molar-refractivity contribution is 1.13. The molecule has 7 heavy (non-hydrogen) atoms. The van der Waals surface area contributed by atoms with Crippen LogP contribution in [0.5, 0.6) is 0 Å². The summed E-state index contributed by atoms with van der Waals surface area (Å²) < 4.78 is 0. The van der Waals surface area contributed by atoms with Gasteiger partial charge in [-0.3, -0.25) is 0 Å². The zero-order valence-electron chi connectivity index (χ0n) is 3.75. The Balaban J connectivity index is 2.04. The van der Waals surface area contributed by atoms with Crippen LogP contribution in [0.15, 0.2) is 0 Å². The topological polar surface area (TPSA) is 0 Å². The summed E-state index contributed by atoms with van der Waals surface area (Å²) in [4.78, 5) is 0. The predicted octanol–water partition coefficient (Wildman–Crippen LogP) is 3.07. The highest BCUT2D eigenvalue weighted by Gasteiger charge is 1.97. The lowest BCUT2D eigenvalue weighted by Crippen LogP contribution is -1.74. The Bertz CT molecular complexity index is 26.5. The molecule has 1 aliphatic rings. The van der Waals surface area contributed by atoms with Gasteiger partial charge in [0.25, 0.3) is 0 Å². The molecule has 1 rings (SSSR count). The number of hydrogen-bond donors (Lipinski definition) is 0. The van der Waals surface area contributed by atoms with E-state index in [9.17, 15) is 0 Å². The van der Waals surface area contributed by atoms with Gasteiger partial charge in [0, 0.05) is 11.5 Å². The summed E-state index contributed by atoms with van der Waals surface area (Å²) in [5.74, 6) is 2.68. The summed E-state index contributed by atoms with van der Waals surface area (Å²) in [5, 5.41) is 0. The molecule has 0 spiro atoms. The molecule has 0 aromatic rings. The molecule has 0 aliphatic carbocycles. The second-order valence-electron chi connectivity index (χ2n) is 1.13. The zero-order valence-corrected chi connectivity index (χ0v) is 7.02. The molecule has 0 radical (unpaired) electrons. The smallest absolute Gasteiger partial charge is 0.00535 e. The van der Waals surface area contributed by atoms with Crippen LogP contribution in [-0.2, 0) is 0 Å². The average molecular weight is 170 g/mol. The summed E-state index contributed by atoms with van der Waals surface area (Å²) in [6, 6.07) is 0. The fourth-order valence-electron chi connectivity index (χ4n) is 0.284. The molecule has 1 saturated heterocycles.